The molecule has 134 valence electrons. The van der Waals surface area contributed by atoms with Crippen LogP contribution in [0.3, 0.4) is 0 Å². The molecular weight excluding hydrogens is 322 g/mol. The van der Waals surface area contributed by atoms with Crippen molar-refractivity contribution in [3.05, 3.63) is 30.0 Å². The standard InChI is InChI=1S/C19H23NO5/c1-22-15-2-3-16-14(12-25-17(16)11-15)10-18(21)20-6-4-13(5-7-20)19-23-8-9-24-19/h2-3,11-13,19H,4-10H2,1H3. The fourth-order valence-electron chi connectivity index (χ4n) is 3.67. The highest BCUT2D eigenvalue weighted by Gasteiger charge is 2.31. The number of benzene rings is 1. The van der Waals surface area contributed by atoms with Gasteiger partial charge in [-0.25, -0.2) is 0 Å². The van der Waals surface area contributed by atoms with Crippen molar-refractivity contribution in [2.75, 3.05) is 33.4 Å². The van der Waals surface area contributed by atoms with Gasteiger partial charge in [-0.2, -0.15) is 0 Å². The van der Waals surface area contributed by atoms with E-state index in [0.717, 1.165) is 48.2 Å². The Morgan fingerprint density at radius 2 is 2.00 bits per heavy atom. The first-order chi connectivity index (χ1) is 12.2. The molecule has 0 unspecified atom stereocenters. The van der Waals surface area contributed by atoms with Gasteiger partial charge in [-0.15, -0.1) is 0 Å². The van der Waals surface area contributed by atoms with Crippen LogP contribution in [0, 0.1) is 5.92 Å². The number of carbonyl (C=O) groups is 1. The van der Waals surface area contributed by atoms with Gasteiger partial charge in [0.05, 0.1) is 33.0 Å². The van der Waals surface area contributed by atoms with Crippen LogP contribution in [0.1, 0.15) is 18.4 Å². The van der Waals surface area contributed by atoms with Crippen molar-refractivity contribution in [3.8, 4) is 5.75 Å². The lowest BCUT2D eigenvalue weighted by Gasteiger charge is -2.33. The zero-order valence-electron chi connectivity index (χ0n) is 14.4. The minimum absolute atomic E-state index is 0.0787. The van der Waals surface area contributed by atoms with Crippen molar-refractivity contribution in [3.63, 3.8) is 0 Å². The Balaban J connectivity index is 1.37. The summed E-state index contributed by atoms with van der Waals surface area (Å²) in [4.78, 5) is 14.6. The highest BCUT2D eigenvalue weighted by Crippen LogP contribution is 2.28. The van der Waals surface area contributed by atoms with Crippen molar-refractivity contribution in [1.82, 2.24) is 4.90 Å². The molecular formula is C19H23NO5. The lowest BCUT2D eigenvalue weighted by atomic mass is 9.95. The number of furan rings is 1. The molecule has 3 heterocycles. The zero-order chi connectivity index (χ0) is 17.2. The molecule has 1 amide bonds. The van der Waals surface area contributed by atoms with Crippen LogP contribution in [0.2, 0.25) is 0 Å². The third kappa shape index (κ3) is 3.37. The number of fused-ring (bicyclic) bond motifs is 1. The number of hydrogen-bond acceptors (Lipinski definition) is 5. The first-order valence-electron chi connectivity index (χ1n) is 8.79. The number of ether oxygens (including phenoxy) is 3. The number of rotatable bonds is 4. The molecule has 0 N–H and O–H groups in total. The van der Waals surface area contributed by atoms with E-state index in [1.165, 1.54) is 0 Å². The Labute approximate surface area is 146 Å². The van der Waals surface area contributed by atoms with Gasteiger partial charge in [-0.3, -0.25) is 4.79 Å². The fourth-order valence-corrected chi connectivity index (χ4v) is 3.67. The fraction of sp³-hybridized carbons (Fsp3) is 0.526. The number of methoxy groups -OCH3 is 1. The van der Waals surface area contributed by atoms with Crippen molar-refractivity contribution in [1.29, 1.82) is 0 Å². The molecule has 6 nitrogen and oxygen atoms in total. The van der Waals surface area contributed by atoms with E-state index in [1.54, 1.807) is 13.4 Å². The molecule has 2 aromatic rings. The summed E-state index contributed by atoms with van der Waals surface area (Å²) >= 11 is 0. The number of piperidine rings is 1. The molecule has 0 bridgehead atoms. The predicted molar refractivity (Wildman–Crippen MR) is 91.5 cm³/mol. The van der Waals surface area contributed by atoms with Crippen LogP contribution in [-0.4, -0.2) is 50.5 Å². The van der Waals surface area contributed by atoms with E-state index in [9.17, 15) is 4.79 Å². The summed E-state index contributed by atoms with van der Waals surface area (Å²) in [6.45, 7) is 2.89. The summed E-state index contributed by atoms with van der Waals surface area (Å²) in [7, 11) is 1.62. The maximum atomic E-state index is 12.7. The molecule has 25 heavy (non-hydrogen) atoms. The van der Waals surface area contributed by atoms with Crippen molar-refractivity contribution in [2.24, 2.45) is 5.92 Å². The van der Waals surface area contributed by atoms with Crippen LogP contribution in [0.15, 0.2) is 28.9 Å². The maximum absolute atomic E-state index is 12.7. The molecule has 0 aliphatic carbocycles. The van der Waals surface area contributed by atoms with Gasteiger partial charge in [0.15, 0.2) is 6.29 Å². The molecule has 2 aliphatic rings. The van der Waals surface area contributed by atoms with Gasteiger partial charge in [-0.05, 0) is 25.0 Å². The average molecular weight is 345 g/mol. The topological polar surface area (TPSA) is 61.1 Å². The molecule has 0 spiro atoms. The minimum atomic E-state index is -0.0787. The minimum Gasteiger partial charge on any atom is -0.497 e. The molecule has 6 heteroatoms. The van der Waals surface area contributed by atoms with Crippen molar-refractivity contribution in [2.45, 2.75) is 25.6 Å². The normalized spacial score (nSPS) is 19.6. The maximum Gasteiger partial charge on any atom is 0.227 e. The molecule has 0 atom stereocenters. The Morgan fingerprint density at radius 3 is 2.72 bits per heavy atom. The van der Waals surface area contributed by atoms with E-state index in [0.29, 0.717) is 25.6 Å². The van der Waals surface area contributed by atoms with E-state index in [-0.39, 0.29) is 12.2 Å². The molecule has 2 fully saturated rings. The molecule has 0 radical (unpaired) electrons. The number of amides is 1. The quantitative estimate of drug-likeness (QED) is 0.852. The van der Waals surface area contributed by atoms with Crippen molar-refractivity contribution < 1.29 is 23.4 Å². The van der Waals surface area contributed by atoms with E-state index in [2.05, 4.69) is 0 Å². The Bertz CT molecular complexity index is 741. The monoisotopic (exact) mass is 345 g/mol. The van der Waals surface area contributed by atoms with Crippen LogP contribution in [0.4, 0.5) is 0 Å². The van der Waals surface area contributed by atoms with Crippen LogP contribution >= 0.6 is 0 Å². The van der Waals surface area contributed by atoms with Gasteiger partial charge in [0.2, 0.25) is 5.91 Å². The van der Waals surface area contributed by atoms with Gasteiger partial charge >= 0.3 is 0 Å². The first kappa shape index (κ1) is 16.4. The number of likely N-dealkylation sites (tertiary alicyclic amines) is 1. The van der Waals surface area contributed by atoms with Crippen LogP contribution < -0.4 is 4.74 Å². The molecule has 1 aromatic heterocycles. The summed E-state index contributed by atoms with van der Waals surface area (Å²) < 4.78 is 22.0. The van der Waals surface area contributed by atoms with Gasteiger partial charge in [-0.1, -0.05) is 0 Å². The first-order valence-corrected chi connectivity index (χ1v) is 8.79. The molecule has 2 saturated heterocycles. The second-order valence-electron chi connectivity index (χ2n) is 6.63. The molecule has 0 saturated carbocycles. The number of nitrogens with zero attached hydrogens (tertiary/aromatic N) is 1. The van der Waals surface area contributed by atoms with E-state index in [4.69, 9.17) is 18.6 Å². The summed E-state index contributed by atoms with van der Waals surface area (Å²) in [6, 6.07) is 5.68. The summed E-state index contributed by atoms with van der Waals surface area (Å²) in [6.07, 6.45) is 3.82. The van der Waals surface area contributed by atoms with Gasteiger partial charge in [0.1, 0.15) is 11.3 Å². The second kappa shape index (κ2) is 7.06. The van der Waals surface area contributed by atoms with E-state index < -0.39 is 0 Å². The SMILES string of the molecule is COc1ccc2c(CC(=O)N3CCC(C4OCCO4)CC3)coc2c1. The van der Waals surface area contributed by atoms with Crippen LogP contribution in [0.25, 0.3) is 11.0 Å². The average Bonchev–Trinajstić information content (AvgIpc) is 3.32. The molecule has 2 aliphatic heterocycles. The number of carbonyl (C=O) groups excluding carboxylic acids is 1. The lowest BCUT2D eigenvalue weighted by Crippen LogP contribution is -2.42. The van der Waals surface area contributed by atoms with Gasteiger partial charge in [0, 0.05) is 36.0 Å². The molecule has 1 aromatic carbocycles. The van der Waals surface area contributed by atoms with Gasteiger partial charge < -0.3 is 23.5 Å². The Morgan fingerprint density at radius 1 is 1.24 bits per heavy atom. The highest BCUT2D eigenvalue weighted by molar-refractivity contribution is 5.88. The largest absolute Gasteiger partial charge is 0.497 e. The van der Waals surface area contributed by atoms with E-state index >= 15 is 0 Å². The second-order valence-corrected chi connectivity index (χ2v) is 6.63. The smallest absolute Gasteiger partial charge is 0.227 e. The third-order valence-corrected chi connectivity index (χ3v) is 5.13. The summed E-state index contributed by atoms with van der Waals surface area (Å²) in [5.74, 6) is 1.29. The van der Waals surface area contributed by atoms with E-state index in [1.807, 2.05) is 23.1 Å². The Kier molecular flexibility index (Phi) is 4.63. The Hall–Kier alpha value is -2.05. The van der Waals surface area contributed by atoms with Crippen molar-refractivity contribution >= 4 is 16.9 Å². The zero-order valence-corrected chi connectivity index (χ0v) is 14.4. The third-order valence-electron chi connectivity index (χ3n) is 5.13. The van der Waals surface area contributed by atoms with Gasteiger partial charge in [0.25, 0.3) is 0 Å². The summed E-state index contributed by atoms with van der Waals surface area (Å²) in [5, 5.41) is 0.969. The lowest BCUT2D eigenvalue weighted by molar-refractivity contribution is -0.136. The van der Waals surface area contributed by atoms with Crippen LogP contribution in [-0.2, 0) is 20.7 Å². The highest BCUT2D eigenvalue weighted by atomic mass is 16.7. The summed E-state index contributed by atoms with van der Waals surface area (Å²) in [5.41, 5.74) is 1.67. The van der Waals surface area contributed by atoms with Crippen LogP contribution in [0.5, 0.6) is 5.75 Å². The molecule has 4 rings (SSSR count). The predicted octanol–water partition coefficient (Wildman–Crippen LogP) is 2.60. The number of hydrogen-bond donors (Lipinski definition) is 0.